The van der Waals surface area contributed by atoms with E-state index >= 15 is 0 Å². The molecule has 2 amide bonds. The van der Waals surface area contributed by atoms with Crippen LogP contribution in [0.5, 0.6) is 17.2 Å². The molecule has 134 valence electrons. The monoisotopic (exact) mass is 350 g/mol. The van der Waals surface area contributed by atoms with Gasteiger partial charge in [0.15, 0.2) is 0 Å². The van der Waals surface area contributed by atoms with Crippen LogP contribution in [0.25, 0.3) is 10.8 Å². The zero-order valence-corrected chi connectivity index (χ0v) is 14.9. The molecule has 0 aliphatic rings. The third-order valence-corrected chi connectivity index (χ3v) is 4.06. The van der Waals surface area contributed by atoms with E-state index in [1.807, 2.05) is 74.5 Å². The van der Waals surface area contributed by atoms with Gasteiger partial charge in [-0.2, -0.15) is 0 Å². The Bertz CT molecular complexity index is 907. The number of hydrogen-bond acceptors (Lipinski definition) is 3. The van der Waals surface area contributed by atoms with Crippen molar-refractivity contribution in [2.24, 2.45) is 5.73 Å². The number of primary amides is 1. The van der Waals surface area contributed by atoms with Crippen molar-refractivity contribution < 1.29 is 14.3 Å². The minimum Gasteiger partial charge on any atom is -0.494 e. The summed E-state index contributed by atoms with van der Waals surface area (Å²) >= 11 is 0. The van der Waals surface area contributed by atoms with E-state index in [0.29, 0.717) is 6.61 Å². The molecule has 0 aromatic heterocycles. The minimum absolute atomic E-state index is 0.142. The van der Waals surface area contributed by atoms with Crippen LogP contribution in [0.1, 0.15) is 25.5 Å². The Labute approximate surface area is 152 Å². The topological polar surface area (TPSA) is 73.6 Å². The third-order valence-electron chi connectivity index (χ3n) is 4.06. The van der Waals surface area contributed by atoms with Gasteiger partial charge in [-0.05, 0) is 72.6 Å². The molecule has 0 fully saturated rings. The smallest absolute Gasteiger partial charge is 0.312 e. The molecule has 0 aliphatic heterocycles. The molecule has 0 radical (unpaired) electrons. The first-order chi connectivity index (χ1) is 12.5. The maximum atomic E-state index is 11.0. The summed E-state index contributed by atoms with van der Waals surface area (Å²) in [6.45, 7) is 4.49. The zero-order chi connectivity index (χ0) is 18.5. The number of benzene rings is 3. The molecule has 0 saturated carbocycles. The Morgan fingerprint density at radius 3 is 2.27 bits per heavy atom. The van der Waals surface area contributed by atoms with E-state index in [0.717, 1.165) is 33.6 Å². The molecule has 0 spiro atoms. The van der Waals surface area contributed by atoms with Crippen molar-refractivity contribution in [3.8, 4) is 17.2 Å². The molecule has 3 aromatic rings. The Morgan fingerprint density at radius 2 is 1.58 bits per heavy atom. The van der Waals surface area contributed by atoms with Crippen LogP contribution in [0.2, 0.25) is 0 Å². The van der Waals surface area contributed by atoms with Gasteiger partial charge in [0.05, 0.1) is 12.6 Å². The summed E-state index contributed by atoms with van der Waals surface area (Å²) in [7, 11) is 0. The number of ether oxygens (including phenoxy) is 2. The summed E-state index contributed by atoms with van der Waals surface area (Å²) in [5.74, 6) is 2.34. The number of nitrogens with one attached hydrogen (secondary N) is 1. The third kappa shape index (κ3) is 4.25. The lowest BCUT2D eigenvalue weighted by Crippen LogP contribution is -2.31. The number of rotatable bonds is 6. The van der Waals surface area contributed by atoms with Crippen molar-refractivity contribution in [1.82, 2.24) is 5.32 Å². The van der Waals surface area contributed by atoms with Crippen LogP contribution in [0.4, 0.5) is 4.79 Å². The maximum Gasteiger partial charge on any atom is 0.312 e. The quantitative estimate of drug-likeness (QED) is 0.673. The highest BCUT2D eigenvalue weighted by Gasteiger charge is 2.08. The van der Waals surface area contributed by atoms with Crippen molar-refractivity contribution in [3.05, 3.63) is 66.2 Å². The van der Waals surface area contributed by atoms with E-state index in [9.17, 15) is 4.79 Å². The summed E-state index contributed by atoms with van der Waals surface area (Å²) in [5.41, 5.74) is 6.18. The minimum atomic E-state index is -0.531. The summed E-state index contributed by atoms with van der Waals surface area (Å²) < 4.78 is 11.4. The maximum absolute atomic E-state index is 11.0. The normalized spacial score (nSPS) is 11.8. The number of urea groups is 1. The second kappa shape index (κ2) is 7.78. The van der Waals surface area contributed by atoms with Crippen LogP contribution in [-0.2, 0) is 0 Å². The predicted octanol–water partition coefficient (Wildman–Crippen LogP) is 4.76. The van der Waals surface area contributed by atoms with Gasteiger partial charge in [0, 0.05) is 0 Å². The summed E-state index contributed by atoms with van der Waals surface area (Å²) in [4.78, 5) is 11.0. The van der Waals surface area contributed by atoms with Crippen LogP contribution in [0.15, 0.2) is 60.7 Å². The van der Waals surface area contributed by atoms with Crippen molar-refractivity contribution in [1.29, 1.82) is 0 Å². The molecule has 5 nitrogen and oxygen atoms in total. The van der Waals surface area contributed by atoms with Crippen molar-refractivity contribution >= 4 is 16.8 Å². The van der Waals surface area contributed by atoms with Gasteiger partial charge < -0.3 is 20.5 Å². The Kier molecular flexibility index (Phi) is 5.27. The molecule has 3 N–H and O–H groups in total. The molecule has 3 rings (SSSR count). The molecular formula is C21H22N2O3. The lowest BCUT2D eigenvalue weighted by atomic mass is 10.0. The number of amides is 2. The molecule has 0 aliphatic carbocycles. The second-order valence-corrected chi connectivity index (χ2v) is 6.01. The number of nitrogens with two attached hydrogens (primary N) is 1. The Balaban J connectivity index is 1.77. The van der Waals surface area contributed by atoms with Gasteiger partial charge in [-0.25, -0.2) is 4.79 Å². The highest BCUT2D eigenvalue weighted by atomic mass is 16.5. The first-order valence-electron chi connectivity index (χ1n) is 8.55. The summed E-state index contributed by atoms with van der Waals surface area (Å²) in [6.07, 6.45) is 0. The molecule has 0 heterocycles. The van der Waals surface area contributed by atoms with Gasteiger partial charge >= 0.3 is 6.03 Å². The van der Waals surface area contributed by atoms with Gasteiger partial charge in [-0.1, -0.05) is 18.2 Å². The molecular weight excluding hydrogens is 328 g/mol. The number of hydrogen-bond donors (Lipinski definition) is 2. The summed E-state index contributed by atoms with van der Waals surface area (Å²) in [6, 6.07) is 18.8. The lowest BCUT2D eigenvalue weighted by Gasteiger charge is -2.14. The molecule has 1 unspecified atom stereocenters. The van der Waals surface area contributed by atoms with Gasteiger partial charge in [-0.15, -0.1) is 0 Å². The molecule has 3 aromatic carbocycles. The van der Waals surface area contributed by atoms with Crippen LogP contribution < -0.4 is 20.5 Å². The van der Waals surface area contributed by atoms with Crippen LogP contribution in [-0.4, -0.2) is 12.6 Å². The lowest BCUT2D eigenvalue weighted by molar-refractivity contribution is 0.246. The van der Waals surface area contributed by atoms with E-state index in [4.69, 9.17) is 15.2 Å². The number of carbonyl (C=O) groups is 1. The number of fused-ring (bicyclic) bond motifs is 1. The van der Waals surface area contributed by atoms with Crippen molar-refractivity contribution in [2.75, 3.05) is 6.61 Å². The highest BCUT2D eigenvalue weighted by Crippen LogP contribution is 2.28. The SMILES string of the molecule is CCOc1ccc(Oc2ccc3cc(C(C)NC(N)=O)ccc3c2)cc1. The van der Waals surface area contributed by atoms with Gasteiger partial charge in [0.1, 0.15) is 17.2 Å². The fourth-order valence-corrected chi connectivity index (χ4v) is 2.78. The molecule has 5 heteroatoms. The van der Waals surface area contributed by atoms with Crippen LogP contribution in [0, 0.1) is 0 Å². The molecule has 0 saturated heterocycles. The van der Waals surface area contributed by atoms with E-state index < -0.39 is 6.03 Å². The average Bonchev–Trinajstić information content (AvgIpc) is 2.62. The molecule has 26 heavy (non-hydrogen) atoms. The standard InChI is InChI=1S/C21H22N2O3/c1-3-25-18-8-10-19(11-9-18)26-20-7-6-16-12-15(4-5-17(16)13-20)14(2)23-21(22)24/h4-14H,3H2,1-2H3,(H3,22,23,24). The predicted molar refractivity (Wildman–Crippen MR) is 103 cm³/mol. The molecule has 1 atom stereocenters. The van der Waals surface area contributed by atoms with Gasteiger partial charge in [0.2, 0.25) is 0 Å². The Morgan fingerprint density at radius 1 is 0.962 bits per heavy atom. The fraction of sp³-hybridized carbons (Fsp3) is 0.190. The van der Waals surface area contributed by atoms with Crippen LogP contribution in [0.3, 0.4) is 0 Å². The first-order valence-corrected chi connectivity index (χ1v) is 8.55. The van der Waals surface area contributed by atoms with Crippen molar-refractivity contribution in [3.63, 3.8) is 0 Å². The second-order valence-electron chi connectivity index (χ2n) is 6.01. The zero-order valence-electron chi connectivity index (χ0n) is 14.9. The van der Waals surface area contributed by atoms with E-state index in [2.05, 4.69) is 5.32 Å². The largest absolute Gasteiger partial charge is 0.494 e. The van der Waals surface area contributed by atoms with E-state index in [1.165, 1.54) is 0 Å². The van der Waals surface area contributed by atoms with Gasteiger partial charge in [-0.3, -0.25) is 0 Å². The van der Waals surface area contributed by atoms with Crippen molar-refractivity contribution in [2.45, 2.75) is 19.9 Å². The van der Waals surface area contributed by atoms with E-state index in [-0.39, 0.29) is 6.04 Å². The fourth-order valence-electron chi connectivity index (χ4n) is 2.78. The Hall–Kier alpha value is -3.21. The first kappa shape index (κ1) is 17.6. The summed E-state index contributed by atoms with van der Waals surface area (Å²) in [5, 5.41) is 4.81. The van der Waals surface area contributed by atoms with Gasteiger partial charge in [0.25, 0.3) is 0 Å². The average molecular weight is 350 g/mol. The highest BCUT2D eigenvalue weighted by molar-refractivity contribution is 5.85. The van der Waals surface area contributed by atoms with E-state index in [1.54, 1.807) is 0 Å². The van der Waals surface area contributed by atoms with Crippen LogP contribution >= 0.6 is 0 Å². The molecule has 0 bridgehead atoms. The number of carbonyl (C=O) groups excluding carboxylic acids is 1.